The van der Waals surface area contributed by atoms with Crippen molar-refractivity contribution in [3.8, 4) is 11.5 Å². The summed E-state index contributed by atoms with van der Waals surface area (Å²) >= 11 is 6.96. The maximum atomic E-state index is 12.6. The van der Waals surface area contributed by atoms with Crippen molar-refractivity contribution in [2.75, 3.05) is 26.2 Å². The molecule has 0 radical (unpaired) electrons. The van der Waals surface area contributed by atoms with Crippen LogP contribution in [0.5, 0.6) is 0 Å². The Labute approximate surface area is 214 Å². The fourth-order valence-electron chi connectivity index (χ4n) is 5.28. The van der Waals surface area contributed by atoms with Gasteiger partial charge in [-0.1, -0.05) is 24.6 Å². The molecule has 6 nitrogen and oxygen atoms in total. The van der Waals surface area contributed by atoms with Gasteiger partial charge in [-0.3, -0.25) is 4.90 Å². The van der Waals surface area contributed by atoms with Gasteiger partial charge in [0.25, 0.3) is 0 Å². The molecule has 35 heavy (non-hydrogen) atoms. The molecular formula is C28H38ClN3O3. The first-order valence-corrected chi connectivity index (χ1v) is 13.1. The summed E-state index contributed by atoms with van der Waals surface area (Å²) in [6.07, 6.45) is 8.35. The molecule has 190 valence electrons. The largest absolute Gasteiger partial charge is 0.444 e. The lowest BCUT2D eigenvalue weighted by atomic mass is 9.70. The molecule has 2 aliphatic rings. The first-order chi connectivity index (χ1) is 16.6. The number of piperidine rings is 1. The van der Waals surface area contributed by atoms with Crippen molar-refractivity contribution in [1.29, 1.82) is 0 Å². The van der Waals surface area contributed by atoms with Gasteiger partial charge in [0.2, 0.25) is 5.89 Å². The van der Waals surface area contributed by atoms with Crippen LogP contribution in [0.2, 0.25) is 5.02 Å². The second-order valence-corrected chi connectivity index (χ2v) is 11.2. The van der Waals surface area contributed by atoms with Crippen molar-refractivity contribution >= 4 is 17.7 Å². The van der Waals surface area contributed by atoms with Crippen LogP contribution in [-0.2, 0) is 23.1 Å². The Hall–Kier alpha value is -2.31. The summed E-state index contributed by atoms with van der Waals surface area (Å²) in [7, 11) is 0. The number of oxazole rings is 1. The average Bonchev–Trinajstić information content (AvgIpc) is 3.50. The number of carbonyl (C=O) groups is 1. The summed E-state index contributed by atoms with van der Waals surface area (Å²) in [5.74, 6) is 0.606. The highest BCUT2D eigenvalue weighted by Crippen LogP contribution is 2.44. The number of aromatic nitrogens is 1. The fraction of sp³-hybridized carbons (Fsp3) is 0.571. The first-order valence-electron chi connectivity index (χ1n) is 12.8. The van der Waals surface area contributed by atoms with Gasteiger partial charge in [-0.25, -0.2) is 9.78 Å². The third kappa shape index (κ3) is 5.75. The molecule has 0 N–H and O–H groups in total. The Kier molecular flexibility index (Phi) is 7.62. The second-order valence-electron chi connectivity index (χ2n) is 10.8. The van der Waals surface area contributed by atoms with E-state index >= 15 is 0 Å². The Balaban J connectivity index is 1.55. The topological polar surface area (TPSA) is 58.8 Å². The predicted octanol–water partition coefficient (Wildman–Crippen LogP) is 6.61. The molecule has 1 aromatic carbocycles. The fourth-order valence-corrected chi connectivity index (χ4v) is 5.70. The second kappa shape index (κ2) is 10.4. The van der Waals surface area contributed by atoms with Crippen molar-refractivity contribution in [2.24, 2.45) is 0 Å². The van der Waals surface area contributed by atoms with Crippen LogP contribution < -0.4 is 0 Å². The number of halogens is 1. The van der Waals surface area contributed by atoms with Gasteiger partial charge in [0.1, 0.15) is 11.9 Å². The SMILES string of the molecule is C=CC1(c2c(Cl)cc(-c3nc(CN4CCCC4)co3)cc2CC)CCN(C(=O)OC(C)(C)C)CC1. The quantitative estimate of drug-likeness (QED) is 0.418. The third-order valence-corrected chi connectivity index (χ3v) is 7.43. The van der Waals surface area contributed by atoms with E-state index in [2.05, 4.69) is 24.5 Å². The lowest BCUT2D eigenvalue weighted by Crippen LogP contribution is -2.46. The summed E-state index contributed by atoms with van der Waals surface area (Å²) in [5.41, 5.74) is 3.32. The van der Waals surface area contributed by atoms with E-state index < -0.39 is 5.60 Å². The summed E-state index contributed by atoms with van der Waals surface area (Å²) < 4.78 is 11.4. The molecule has 0 atom stereocenters. The van der Waals surface area contributed by atoms with Gasteiger partial charge in [-0.15, -0.1) is 6.58 Å². The van der Waals surface area contributed by atoms with E-state index in [0.717, 1.165) is 61.3 Å². The Morgan fingerprint density at radius 3 is 2.51 bits per heavy atom. The van der Waals surface area contributed by atoms with Gasteiger partial charge in [0.05, 0.1) is 5.69 Å². The number of nitrogens with zero attached hydrogens (tertiary/aromatic N) is 3. The molecular weight excluding hydrogens is 462 g/mol. The number of carbonyl (C=O) groups excluding carboxylic acids is 1. The van der Waals surface area contributed by atoms with E-state index in [1.807, 2.05) is 32.9 Å². The number of ether oxygens (including phenoxy) is 1. The molecule has 2 saturated heterocycles. The molecule has 2 aromatic rings. The maximum absolute atomic E-state index is 12.6. The van der Waals surface area contributed by atoms with Crippen LogP contribution in [0.15, 0.2) is 35.5 Å². The van der Waals surface area contributed by atoms with Crippen LogP contribution in [0, 0.1) is 0 Å². The molecule has 0 spiro atoms. The summed E-state index contributed by atoms with van der Waals surface area (Å²) in [5, 5.41) is 0.698. The van der Waals surface area contributed by atoms with Gasteiger partial charge < -0.3 is 14.1 Å². The minimum atomic E-state index is -0.507. The minimum Gasteiger partial charge on any atom is -0.444 e. The van der Waals surface area contributed by atoms with E-state index in [9.17, 15) is 4.79 Å². The number of hydrogen-bond acceptors (Lipinski definition) is 5. The van der Waals surface area contributed by atoms with E-state index in [4.69, 9.17) is 25.7 Å². The molecule has 0 saturated carbocycles. The lowest BCUT2D eigenvalue weighted by Gasteiger charge is -2.42. The molecule has 0 bridgehead atoms. The number of aryl methyl sites for hydroxylation is 1. The van der Waals surface area contributed by atoms with Gasteiger partial charge >= 0.3 is 6.09 Å². The summed E-state index contributed by atoms with van der Waals surface area (Å²) in [6, 6.07) is 4.12. The Morgan fingerprint density at radius 2 is 1.91 bits per heavy atom. The molecule has 0 aliphatic carbocycles. The van der Waals surface area contributed by atoms with Crippen molar-refractivity contribution in [2.45, 2.75) is 77.4 Å². The maximum Gasteiger partial charge on any atom is 0.410 e. The van der Waals surface area contributed by atoms with Gasteiger partial charge in [0, 0.05) is 35.6 Å². The number of amides is 1. The van der Waals surface area contributed by atoms with Gasteiger partial charge in [0.15, 0.2) is 0 Å². The predicted molar refractivity (Wildman–Crippen MR) is 140 cm³/mol. The van der Waals surface area contributed by atoms with Crippen LogP contribution >= 0.6 is 11.6 Å². The third-order valence-electron chi connectivity index (χ3n) is 7.13. The van der Waals surface area contributed by atoms with Crippen LogP contribution in [0.4, 0.5) is 4.79 Å². The molecule has 2 fully saturated rings. The highest BCUT2D eigenvalue weighted by molar-refractivity contribution is 6.32. The van der Waals surface area contributed by atoms with Gasteiger partial charge in [-0.05, 0) is 89.2 Å². The van der Waals surface area contributed by atoms with Crippen molar-refractivity contribution in [3.05, 3.63) is 52.9 Å². The Bertz CT molecular complexity index is 1060. The highest BCUT2D eigenvalue weighted by Gasteiger charge is 2.39. The van der Waals surface area contributed by atoms with Crippen LogP contribution in [0.1, 0.15) is 70.2 Å². The van der Waals surface area contributed by atoms with Crippen molar-refractivity contribution in [3.63, 3.8) is 0 Å². The average molecular weight is 500 g/mol. The number of likely N-dealkylation sites (tertiary alicyclic amines) is 2. The molecule has 4 rings (SSSR count). The summed E-state index contributed by atoms with van der Waals surface area (Å²) in [6.45, 7) is 16.3. The summed E-state index contributed by atoms with van der Waals surface area (Å²) in [4.78, 5) is 21.5. The zero-order valence-electron chi connectivity index (χ0n) is 21.5. The smallest absolute Gasteiger partial charge is 0.410 e. The standard InChI is InChI=1S/C28H38ClN3O3/c1-6-20-16-21(25-30-22(19-34-25)18-31-12-8-9-13-31)17-23(29)24(20)28(7-2)10-14-32(15-11-28)26(33)35-27(3,4)5/h7,16-17,19H,2,6,8-15,18H2,1,3-5H3. The zero-order chi connectivity index (χ0) is 25.2. The van der Waals surface area contributed by atoms with E-state index in [1.54, 1.807) is 11.2 Å². The van der Waals surface area contributed by atoms with Crippen molar-refractivity contribution in [1.82, 2.24) is 14.8 Å². The zero-order valence-corrected chi connectivity index (χ0v) is 22.3. The number of hydrogen-bond donors (Lipinski definition) is 0. The molecule has 1 aromatic heterocycles. The number of benzene rings is 1. The highest BCUT2D eigenvalue weighted by atomic mass is 35.5. The van der Waals surface area contributed by atoms with Crippen molar-refractivity contribution < 1.29 is 13.9 Å². The molecule has 7 heteroatoms. The molecule has 3 heterocycles. The Morgan fingerprint density at radius 1 is 1.23 bits per heavy atom. The van der Waals surface area contributed by atoms with Crippen LogP contribution in [-0.4, -0.2) is 52.7 Å². The van der Waals surface area contributed by atoms with Gasteiger partial charge in [-0.2, -0.15) is 0 Å². The van der Waals surface area contributed by atoms with Crippen LogP contribution in [0.3, 0.4) is 0 Å². The first kappa shape index (κ1) is 25.8. The monoisotopic (exact) mass is 499 g/mol. The van der Waals surface area contributed by atoms with Crippen LogP contribution in [0.25, 0.3) is 11.5 Å². The molecule has 2 aliphatic heterocycles. The minimum absolute atomic E-state index is 0.263. The molecule has 1 amide bonds. The number of allylic oxidation sites excluding steroid dienone is 1. The molecule has 0 unspecified atom stereocenters. The lowest BCUT2D eigenvalue weighted by molar-refractivity contribution is 0.0183. The number of rotatable bonds is 6. The van der Waals surface area contributed by atoms with E-state index in [1.165, 1.54) is 12.8 Å². The van der Waals surface area contributed by atoms with E-state index in [-0.39, 0.29) is 11.5 Å². The van der Waals surface area contributed by atoms with E-state index in [0.29, 0.717) is 24.0 Å². The normalized spacial score (nSPS) is 18.6.